The zero-order chi connectivity index (χ0) is 22.8. The number of amides is 2. The van der Waals surface area contributed by atoms with Crippen LogP contribution >= 0.6 is 0 Å². The smallest absolute Gasteiger partial charge is 0.255 e. The highest BCUT2D eigenvalue weighted by atomic mass is 19.1. The lowest BCUT2D eigenvalue weighted by Crippen LogP contribution is -2.57. The number of fused-ring (bicyclic) bond motifs is 3. The highest BCUT2D eigenvalue weighted by Crippen LogP contribution is 2.52. The Morgan fingerprint density at radius 1 is 1.26 bits per heavy atom. The lowest BCUT2D eigenvalue weighted by atomic mass is 9.60. The van der Waals surface area contributed by atoms with Crippen molar-refractivity contribution in [2.45, 2.75) is 24.9 Å². The van der Waals surface area contributed by atoms with Gasteiger partial charge in [0.2, 0.25) is 12.2 Å². The molecule has 1 aromatic carbocycles. The molecule has 0 heterocycles. The van der Waals surface area contributed by atoms with Crippen molar-refractivity contribution in [3.63, 3.8) is 0 Å². The Kier molecular flexibility index (Phi) is 4.40. The number of carbonyl (C=O) groups excluding carboxylic acids is 4. The van der Waals surface area contributed by atoms with Gasteiger partial charge in [0.25, 0.3) is 5.91 Å². The summed E-state index contributed by atoms with van der Waals surface area (Å²) >= 11 is 0. The van der Waals surface area contributed by atoms with Crippen LogP contribution in [-0.4, -0.2) is 49.9 Å². The van der Waals surface area contributed by atoms with Crippen molar-refractivity contribution in [2.75, 3.05) is 5.32 Å². The van der Waals surface area contributed by atoms with Crippen LogP contribution in [0, 0.1) is 17.7 Å². The number of hydrogen-bond acceptors (Lipinski definition) is 8. The molecule has 0 aliphatic heterocycles. The Balaban J connectivity index is 1.92. The summed E-state index contributed by atoms with van der Waals surface area (Å²) in [5.41, 5.74) is 0.100. The summed E-state index contributed by atoms with van der Waals surface area (Å²) in [5, 5.41) is 44.4. The van der Waals surface area contributed by atoms with Gasteiger partial charge in [0.1, 0.15) is 22.9 Å². The SMILES string of the molecule is NC(=O)C1=C(O)C[C@@H]2CC3Cc4c(F)cc(NC=O)c(O)c4C(=O)C3=C(O)[C@]2(O)C1=O. The van der Waals surface area contributed by atoms with Crippen molar-refractivity contribution < 1.29 is 44.0 Å². The average molecular weight is 432 g/mol. The van der Waals surface area contributed by atoms with Gasteiger partial charge >= 0.3 is 0 Å². The molecule has 0 saturated carbocycles. The standard InChI is InChI=1S/C20H17FN2O8/c21-9-4-10(23-5-24)15(26)13-8(9)2-6-1-7-3-11(25)14(19(22)30)18(29)20(7,31)17(28)12(6)16(13)27/h4-7,25-26,28,31H,1-3H2,(H2,22,30)(H,23,24)/t6?,7-,20-/m0/s1. The third-order valence-corrected chi connectivity index (χ3v) is 6.22. The lowest BCUT2D eigenvalue weighted by Gasteiger charge is -2.45. The first kappa shape index (κ1) is 20.5. The van der Waals surface area contributed by atoms with Gasteiger partial charge in [0.15, 0.2) is 17.1 Å². The van der Waals surface area contributed by atoms with Crippen molar-refractivity contribution >= 4 is 29.6 Å². The van der Waals surface area contributed by atoms with E-state index in [1.807, 2.05) is 0 Å². The van der Waals surface area contributed by atoms with Crippen molar-refractivity contribution in [1.29, 1.82) is 0 Å². The van der Waals surface area contributed by atoms with Gasteiger partial charge in [0, 0.05) is 29.5 Å². The highest BCUT2D eigenvalue weighted by molar-refractivity contribution is 6.24. The molecule has 7 N–H and O–H groups in total. The van der Waals surface area contributed by atoms with E-state index in [0.29, 0.717) is 0 Å². The van der Waals surface area contributed by atoms with E-state index in [2.05, 4.69) is 5.32 Å². The molecule has 0 aromatic heterocycles. The molecule has 2 amide bonds. The molecule has 0 fully saturated rings. The largest absolute Gasteiger partial charge is 0.511 e. The lowest BCUT2D eigenvalue weighted by molar-refractivity contribution is -0.144. The zero-order valence-electron chi connectivity index (χ0n) is 15.8. The monoisotopic (exact) mass is 432 g/mol. The average Bonchev–Trinajstić information content (AvgIpc) is 2.68. The molecule has 11 heteroatoms. The number of primary amides is 1. The van der Waals surface area contributed by atoms with Crippen LogP contribution in [-0.2, 0) is 20.8 Å². The maximum Gasteiger partial charge on any atom is 0.255 e. The number of hydrogen-bond donors (Lipinski definition) is 6. The molecule has 1 unspecified atom stereocenters. The van der Waals surface area contributed by atoms with E-state index in [1.165, 1.54) is 0 Å². The number of phenolic OH excluding ortho intramolecular Hbond substituents is 1. The van der Waals surface area contributed by atoms with E-state index < -0.39 is 74.7 Å². The van der Waals surface area contributed by atoms with Gasteiger partial charge in [-0.1, -0.05) is 0 Å². The Morgan fingerprint density at radius 2 is 1.94 bits per heavy atom. The van der Waals surface area contributed by atoms with Gasteiger partial charge in [-0.25, -0.2) is 4.39 Å². The number of aliphatic hydroxyl groups excluding tert-OH is 2. The molecule has 3 aliphatic carbocycles. The molecule has 3 atom stereocenters. The van der Waals surface area contributed by atoms with Crippen molar-refractivity contribution in [3.8, 4) is 5.75 Å². The number of Topliss-reactive ketones (excluding diaryl/α,β-unsaturated/α-hetero) is 2. The number of aliphatic hydroxyl groups is 3. The van der Waals surface area contributed by atoms with Gasteiger partial charge in [-0.05, 0) is 18.8 Å². The number of allylic oxidation sites excluding steroid dienone is 2. The normalized spacial score (nSPS) is 27.4. The molecular formula is C20H17FN2O8. The number of ketones is 2. The number of anilines is 1. The number of nitrogens with one attached hydrogen (secondary N) is 1. The fourth-order valence-corrected chi connectivity index (χ4v) is 4.82. The van der Waals surface area contributed by atoms with Crippen LogP contribution in [0.15, 0.2) is 28.7 Å². The van der Waals surface area contributed by atoms with Crippen molar-refractivity contribution in [3.05, 3.63) is 45.7 Å². The number of rotatable bonds is 3. The molecule has 0 spiro atoms. The Bertz CT molecular complexity index is 1150. The van der Waals surface area contributed by atoms with Crippen LogP contribution in [0.3, 0.4) is 0 Å². The molecule has 0 radical (unpaired) electrons. The first-order valence-corrected chi connectivity index (χ1v) is 9.25. The van der Waals surface area contributed by atoms with Crippen LogP contribution in [0.2, 0.25) is 0 Å². The predicted molar refractivity (Wildman–Crippen MR) is 100 cm³/mol. The summed E-state index contributed by atoms with van der Waals surface area (Å²) in [7, 11) is 0. The van der Waals surface area contributed by atoms with Gasteiger partial charge in [-0.2, -0.15) is 0 Å². The summed E-state index contributed by atoms with van der Waals surface area (Å²) in [5.74, 6) is -8.89. The van der Waals surface area contributed by atoms with Gasteiger partial charge in [-0.15, -0.1) is 0 Å². The maximum atomic E-state index is 14.6. The summed E-state index contributed by atoms with van der Waals surface area (Å²) < 4.78 is 14.6. The number of nitrogens with two attached hydrogens (primary N) is 1. The summed E-state index contributed by atoms with van der Waals surface area (Å²) in [4.78, 5) is 48.2. The Hall–Kier alpha value is -3.73. The number of benzene rings is 1. The number of phenols is 1. The number of halogens is 1. The fraction of sp³-hybridized carbons (Fsp3) is 0.300. The van der Waals surface area contributed by atoms with E-state index in [0.717, 1.165) is 6.07 Å². The minimum Gasteiger partial charge on any atom is -0.511 e. The summed E-state index contributed by atoms with van der Waals surface area (Å²) in [6.07, 6.45) is -0.454. The van der Waals surface area contributed by atoms with E-state index in [1.54, 1.807) is 0 Å². The fourth-order valence-electron chi connectivity index (χ4n) is 4.82. The minimum atomic E-state index is -2.69. The molecule has 0 saturated heterocycles. The first-order valence-electron chi connectivity index (χ1n) is 9.25. The zero-order valence-corrected chi connectivity index (χ0v) is 15.8. The second-order valence-corrected chi connectivity index (χ2v) is 7.78. The molecule has 10 nitrogen and oxygen atoms in total. The predicted octanol–water partition coefficient (Wildman–Crippen LogP) is 0.288. The van der Waals surface area contributed by atoms with E-state index in [4.69, 9.17) is 5.73 Å². The summed E-state index contributed by atoms with van der Waals surface area (Å²) in [6, 6.07) is 0.849. The van der Waals surface area contributed by atoms with Crippen LogP contribution in [0.25, 0.3) is 0 Å². The number of aromatic hydroxyl groups is 1. The molecular weight excluding hydrogens is 415 g/mol. The molecule has 4 rings (SSSR count). The van der Waals surface area contributed by atoms with Gasteiger partial charge in [0.05, 0.1) is 11.3 Å². The quantitative estimate of drug-likeness (QED) is 0.223. The molecule has 0 bridgehead atoms. The van der Waals surface area contributed by atoms with Gasteiger partial charge in [-0.3, -0.25) is 19.2 Å². The Labute approximate surface area is 173 Å². The van der Waals surface area contributed by atoms with Crippen LogP contribution < -0.4 is 11.1 Å². The molecule has 31 heavy (non-hydrogen) atoms. The highest BCUT2D eigenvalue weighted by Gasteiger charge is 2.59. The maximum absolute atomic E-state index is 14.6. The van der Waals surface area contributed by atoms with Crippen molar-refractivity contribution in [1.82, 2.24) is 0 Å². The summed E-state index contributed by atoms with van der Waals surface area (Å²) in [6.45, 7) is 0. The minimum absolute atomic E-state index is 0.0997. The van der Waals surface area contributed by atoms with E-state index in [-0.39, 0.29) is 36.9 Å². The number of carbonyl (C=O) groups is 4. The van der Waals surface area contributed by atoms with Crippen molar-refractivity contribution in [2.24, 2.45) is 17.6 Å². The molecule has 3 aliphatic rings. The second-order valence-electron chi connectivity index (χ2n) is 7.78. The van der Waals surface area contributed by atoms with Crippen LogP contribution in [0.1, 0.15) is 28.8 Å². The third kappa shape index (κ3) is 2.59. The van der Waals surface area contributed by atoms with E-state index >= 15 is 0 Å². The second kappa shape index (κ2) is 6.64. The van der Waals surface area contributed by atoms with E-state index in [9.17, 15) is 44.0 Å². The van der Waals surface area contributed by atoms with Crippen LogP contribution in [0.5, 0.6) is 5.75 Å². The third-order valence-electron chi connectivity index (χ3n) is 6.22. The van der Waals surface area contributed by atoms with Gasteiger partial charge < -0.3 is 31.5 Å². The van der Waals surface area contributed by atoms with Crippen LogP contribution in [0.4, 0.5) is 10.1 Å². The topological polar surface area (TPSA) is 187 Å². The molecule has 162 valence electrons. The molecule has 1 aromatic rings. The Morgan fingerprint density at radius 3 is 2.55 bits per heavy atom. The first-order chi connectivity index (χ1) is 14.5.